The molecule has 4 N–H and O–H groups in total. The van der Waals surface area contributed by atoms with Gasteiger partial charge in [-0.3, -0.25) is 4.79 Å². The Balaban J connectivity index is 2.78. The molecule has 7 nitrogen and oxygen atoms in total. The fraction of sp³-hybridized carbons (Fsp3) is 0.636. The lowest BCUT2D eigenvalue weighted by atomic mass is 10.2. The van der Waals surface area contributed by atoms with Gasteiger partial charge in [0.25, 0.3) is 5.91 Å². The molecule has 1 heterocycles. The van der Waals surface area contributed by atoms with E-state index < -0.39 is 20.5 Å². The zero-order chi connectivity index (χ0) is 15.6. The highest BCUT2D eigenvalue weighted by Gasteiger charge is 2.31. The summed E-state index contributed by atoms with van der Waals surface area (Å²) >= 11 is 1.14. The molecule has 9 heteroatoms. The fourth-order valence-electron chi connectivity index (χ4n) is 1.23. The molecule has 1 rings (SSSR count). The zero-order valence-electron chi connectivity index (χ0n) is 12.0. The number of anilines is 2. The molecule has 0 bridgehead atoms. The van der Waals surface area contributed by atoms with Gasteiger partial charge in [-0.15, -0.1) is 0 Å². The van der Waals surface area contributed by atoms with Crippen LogP contribution in [0.25, 0.3) is 0 Å². The van der Waals surface area contributed by atoms with Gasteiger partial charge < -0.3 is 16.4 Å². The number of sulfone groups is 1. The van der Waals surface area contributed by atoms with Crippen LogP contribution in [0, 0.1) is 0 Å². The first-order valence-electron chi connectivity index (χ1n) is 6.06. The molecule has 0 aromatic carbocycles. The molecule has 1 aromatic rings. The molecule has 0 fully saturated rings. The maximum absolute atomic E-state index is 12.0. The van der Waals surface area contributed by atoms with Crippen molar-refractivity contribution < 1.29 is 13.2 Å². The summed E-state index contributed by atoms with van der Waals surface area (Å²) in [5, 5.41) is 6.13. The van der Waals surface area contributed by atoms with E-state index in [1.165, 1.54) is 0 Å². The lowest BCUT2D eigenvalue weighted by Crippen LogP contribution is -2.43. The van der Waals surface area contributed by atoms with Gasteiger partial charge in [-0.25, -0.2) is 13.4 Å². The van der Waals surface area contributed by atoms with Crippen molar-refractivity contribution in [1.82, 2.24) is 10.3 Å². The second-order valence-electron chi connectivity index (χ2n) is 4.98. The van der Waals surface area contributed by atoms with E-state index in [9.17, 15) is 13.2 Å². The summed E-state index contributed by atoms with van der Waals surface area (Å²) in [4.78, 5) is 16.3. The third kappa shape index (κ3) is 3.83. The number of rotatable bonds is 6. The van der Waals surface area contributed by atoms with Gasteiger partial charge in [-0.1, -0.05) is 11.3 Å². The van der Waals surface area contributed by atoms with E-state index in [2.05, 4.69) is 15.6 Å². The molecule has 114 valence electrons. The van der Waals surface area contributed by atoms with Crippen molar-refractivity contribution >= 4 is 38.0 Å². The largest absolute Gasteiger partial charge is 0.382 e. The highest BCUT2D eigenvalue weighted by Crippen LogP contribution is 2.25. The van der Waals surface area contributed by atoms with Crippen molar-refractivity contribution in [2.75, 3.05) is 30.4 Å². The van der Waals surface area contributed by atoms with Crippen molar-refractivity contribution in [3.05, 3.63) is 4.88 Å². The van der Waals surface area contributed by atoms with Crippen LogP contribution in [-0.2, 0) is 9.84 Å². The first kappa shape index (κ1) is 16.7. The Kier molecular flexibility index (Phi) is 4.98. The Morgan fingerprint density at radius 3 is 2.55 bits per heavy atom. The van der Waals surface area contributed by atoms with Gasteiger partial charge in [0.1, 0.15) is 10.7 Å². The normalized spacial score (nSPS) is 12.2. The molecule has 20 heavy (non-hydrogen) atoms. The van der Waals surface area contributed by atoms with Crippen molar-refractivity contribution in [1.29, 1.82) is 0 Å². The highest BCUT2D eigenvalue weighted by atomic mass is 32.2. The number of hydrogen-bond donors (Lipinski definition) is 3. The quantitative estimate of drug-likeness (QED) is 0.711. The topological polar surface area (TPSA) is 114 Å². The van der Waals surface area contributed by atoms with Crippen LogP contribution in [0.1, 0.15) is 30.4 Å². The summed E-state index contributed by atoms with van der Waals surface area (Å²) in [6, 6.07) is 0. The summed E-state index contributed by atoms with van der Waals surface area (Å²) in [7, 11) is -3.26. The maximum atomic E-state index is 12.0. The van der Waals surface area contributed by atoms with Crippen molar-refractivity contribution in [2.45, 2.75) is 25.5 Å². The van der Waals surface area contributed by atoms with Gasteiger partial charge in [0.05, 0.1) is 4.75 Å². The predicted octanol–water partition coefficient (Wildman–Crippen LogP) is 0.710. The summed E-state index contributed by atoms with van der Waals surface area (Å²) in [5.41, 5.74) is 5.68. The van der Waals surface area contributed by atoms with Crippen molar-refractivity contribution in [3.63, 3.8) is 0 Å². The SMILES string of the molecule is CCNc1nc(N)c(C(=O)NCC(C)(C)S(C)(=O)=O)s1. The molecule has 0 atom stereocenters. The Morgan fingerprint density at radius 2 is 2.05 bits per heavy atom. The standard InChI is InChI=1S/C11H20N4O3S2/c1-5-13-10-15-8(12)7(19-10)9(16)14-6-11(2,3)20(4,17)18/h5-6,12H2,1-4H3,(H,13,15)(H,14,16). The van der Waals surface area contributed by atoms with Crippen LogP contribution in [0.2, 0.25) is 0 Å². The Bertz CT molecular complexity index is 593. The average molecular weight is 320 g/mol. The molecule has 0 spiro atoms. The monoisotopic (exact) mass is 320 g/mol. The minimum atomic E-state index is -3.26. The molecule has 0 aliphatic heterocycles. The first-order chi connectivity index (χ1) is 9.08. The molecule has 1 aromatic heterocycles. The summed E-state index contributed by atoms with van der Waals surface area (Å²) in [5.74, 6) is -0.276. The second-order valence-corrected chi connectivity index (χ2v) is 8.63. The van der Waals surface area contributed by atoms with Gasteiger partial charge in [0.2, 0.25) is 0 Å². The number of amides is 1. The zero-order valence-corrected chi connectivity index (χ0v) is 13.6. The smallest absolute Gasteiger partial charge is 0.265 e. The Labute approximate surface area is 122 Å². The molecular formula is C11H20N4O3S2. The van der Waals surface area contributed by atoms with E-state index in [0.717, 1.165) is 17.6 Å². The lowest BCUT2D eigenvalue weighted by Gasteiger charge is -2.22. The number of nitrogens with two attached hydrogens (primary N) is 1. The van der Waals surface area contributed by atoms with E-state index in [1.807, 2.05) is 6.92 Å². The summed E-state index contributed by atoms with van der Waals surface area (Å²) < 4.78 is 22.1. The molecule has 0 aliphatic rings. The molecule has 1 amide bonds. The minimum absolute atomic E-state index is 0.0124. The van der Waals surface area contributed by atoms with E-state index >= 15 is 0 Å². The maximum Gasteiger partial charge on any atom is 0.265 e. The molecule has 0 aliphatic carbocycles. The Hall–Kier alpha value is -1.35. The molecule has 0 saturated carbocycles. The van der Waals surface area contributed by atoms with Gasteiger partial charge in [-0.2, -0.15) is 0 Å². The lowest BCUT2D eigenvalue weighted by molar-refractivity contribution is 0.0955. The number of nitrogens with zero attached hydrogens (tertiary/aromatic N) is 1. The van der Waals surface area contributed by atoms with Crippen LogP contribution < -0.4 is 16.4 Å². The van der Waals surface area contributed by atoms with Gasteiger partial charge in [0.15, 0.2) is 15.0 Å². The molecule has 0 unspecified atom stereocenters. The third-order valence-corrected chi connectivity index (χ3v) is 6.05. The number of nitrogens with one attached hydrogen (secondary N) is 2. The second kappa shape index (κ2) is 5.96. The van der Waals surface area contributed by atoms with Crippen LogP contribution in [0.3, 0.4) is 0 Å². The van der Waals surface area contributed by atoms with E-state index in [-0.39, 0.29) is 17.2 Å². The van der Waals surface area contributed by atoms with Crippen molar-refractivity contribution in [2.24, 2.45) is 0 Å². The summed E-state index contributed by atoms with van der Waals surface area (Å²) in [6.45, 7) is 5.71. The average Bonchev–Trinajstić information content (AvgIpc) is 2.66. The Morgan fingerprint density at radius 1 is 1.45 bits per heavy atom. The predicted molar refractivity (Wildman–Crippen MR) is 81.9 cm³/mol. The van der Waals surface area contributed by atoms with Gasteiger partial charge in [0, 0.05) is 19.3 Å². The number of hydrogen-bond acceptors (Lipinski definition) is 7. The number of thiazole rings is 1. The van der Waals surface area contributed by atoms with Crippen LogP contribution in [-0.4, -0.2) is 43.4 Å². The van der Waals surface area contributed by atoms with Crippen LogP contribution >= 0.6 is 11.3 Å². The van der Waals surface area contributed by atoms with Crippen LogP contribution in [0.15, 0.2) is 0 Å². The molecule has 0 saturated heterocycles. The highest BCUT2D eigenvalue weighted by molar-refractivity contribution is 7.92. The minimum Gasteiger partial charge on any atom is -0.382 e. The molecule has 0 radical (unpaired) electrons. The molecular weight excluding hydrogens is 300 g/mol. The first-order valence-corrected chi connectivity index (χ1v) is 8.77. The van der Waals surface area contributed by atoms with Gasteiger partial charge >= 0.3 is 0 Å². The van der Waals surface area contributed by atoms with Gasteiger partial charge in [-0.05, 0) is 20.8 Å². The third-order valence-electron chi connectivity index (χ3n) is 2.87. The van der Waals surface area contributed by atoms with Crippen LogP contribution in [0.5, 0.6) is 0 Å². The van der Waals surface area contributed by atoms with E-state index in [1.54, 1.807) is 13.8 Å². The number of carbonyl (C=O) groups is 1. The van der Waals surface area contributed by atoms with E-state index in [4.69, 9.17) is 5.73 Å². The number of carbonyl (C=O) groups excluding carboxylic acids is 1. The van der Waals surface area contributed by atoms with Crippen molar-refractivity contribution in [3.8, 4) is 0 Å². The fourth-order valence-corrected chi connectivity index (χ4v) is 2.43. The summed E-state index contributed by atoms with van der Waals surface area (Å²) in [6.07, 6.45) is 1.14. The van der Waals surface area contributed by atoms with Crippen LogP contribution in [0.4, 0.5) is 10.9 Å². The number of nitrogen functional groups attached to an aromatic ring is 1. The van der Waals surface area contributed by atoms with E-state index in [0.29, 0.717) is 11.7 Å². The number of aromatic nitrogens is 1.